The first kappa shape index (κ1) is 18.7. The molecule has 2 rings (SSSR count). The van der Waals surface area contributed by atoms with E-state index in [1.807, 2.05) is 0 Å². The van der Waals surface area contributed by atoms with Crippen LogP contribution in [0.2, 0.25) is 5.02 Å². The molecule has 1 N–H and O–H groups in total. The quantitative estimate of drug-likeness (QED) is 0.653. The highest BCUT2D eigenvalue weighted by Gasteiger charge is 2.35. The highest BCUT2D eigenvalue weighted by Crippen LogP contribution is 2.41. The summed E-state index contributed by atoms with van der Waals surface area (Å²) in [5.74, 6) is -0.589. The van der Waals surface area contributed by atoms with Gasteiger partial charge in [-0.3, -0.25) is 10.1 Å². The van der Waals surface area contributed by atoms with E-state index in [-0.39, 0.29) is 17.5 Å². The second-order valence-corrected chi connectivity index (χ2v) is 5.49. The summed E-state index contributed by atoms with van der Waals surface area (Å²) < 4.78 is 44.5. The smallest absolute Gasteiger partial charge is 0.408 e. The number of halogens is 4. The third-order valence-corrected chi connectivity index (χ3v) is 3.21. The number of benzene rings is 1. The van der Waals surface area contributed by atoms with E-state index in [4.69, 9.17) is 16.0 Å². The lowest BCUT2D eigenvalue weighted by molar-refractivity contribution is -0.137. The maximum absolute atomic E-state index is 13.2. The molecule has 0 aliphatic rings. The molecule has 0 aliphatic heterocycles. The van der Waals surface area contributed by atoms with Gasteiger partial charge in [0.1, 0.15) is 0 Å². The lowest BCUT2D eigenvalue weighted by Gasteiger charge is -2.14. The molecule has 1 aromatic carbocycles. The SMILES string of the molecule is Cc1nnc(NC(=O)c2ccc(C(F)(F)F)c(/N=C/N(C)C)c2Cl)o1. The molecule has 2 aromatic rings. The molecule has 7 nitrogen and oxygen atoms in total. The monoisotopic (exact) mass is 375 g/mol. The number of amides is 1. The Labute approximate surface area is 145 Å². The van der Waals surface area contributed by atoms with E-state index in [2.05, 4.69) is 20.5 Å². The van der Waals surface area contributed by atoms with E-state index in [9.17, 15) is 18.0 Å². The highest BCUT2D eigenvalue weighted by molar-refractivity contribution is 6.37. The summed E-state index contributed by atoms with van der Waals surface area (Å²) in [6, 6.07) is 1.50. The summed E-state index contributed by atoms with van der Waals surface area (Å²) >= 11 is 6.01. The zero-order valence-electron chi connectivity index (χ0n) is 13.3. The summed E-state index contributed by atoms with van der Waals surface area (Å²) in [5.41, 5.74) is -1.82. The first-order chi connectivity index (χ1) is 11.6. The molecule has 1 amide bonds. The minimum Gasteiger partial charge on any atom is -0.408 e. The van der Waals surface area contributed by atoms with Gasteiger partial charge in [-0.05, 0) is 12.1 Å². The van der Waals surface area contributed by atoms with Crippen LogP contribution in [0.3, 0.4) is 0 Å². The molecule has 0 spiro atoms. The molecule has 0 aliphatic carbocycles. The fraction of sp³-hybridized carbons (Fsp3) is 0.286. The first-order valence-corrected chi connectivity index (χ1v) is 7.19. The number of nitrogens with zero attached hydrogens (tertiary/aromatic N) is 4. The molecule has 1 heterocycles. The van der Waals surface area contributed by atoms with Crippen LogP contribution in [-0.4, -0.2) is 41.4 Å². The topological polar surface area (TPSA) is 83.6 Å². The number of hydrogen-bond donors (Lipinski definition) is 1. The zero-order chi connectivity index (χ0) is 18.8. The van der Waals surface area contributed by atoms with Crippen LogP contribution in [0.4, 0.5) is 24.9 Å². The molecule has 0 bridgehead atoms. The van der Waals surface area contributed by atoms with Crippen LogP contribution in [-0.2, 0) is 6.18 Å². The van der Waals surface area contributed by atoms with Crippen molar-refractivity contribution in [1.29, 1.82) is 0 Å². The number of nitrogens with one attached hydrogen (secondary N) is 1. The Kier molecular flexibility index (Phi) is 5.31. The Bertz CT molecular complexity index is 817. The number of aromatic nitrogens is 2. The average molecular weight is 376 g/mol. The van der Waals surface area contributed by atoms with Crippen molar-refractivity contribution >= 4 is 35.5 Å². The van der Waals surface area contributed by atoms with Crippen molar-refractivity contribution in [3.05, 3.63) is 34.2 Å². The number of carbonyl (C=O) groups is 1. The third-order valence-electron chi connectivity index (χ3n) is 2.83. The average Bonchev–Trinajstić information content (AvgIpc) is 2.89. The van der Waals surface area contributed by atoms with Crippen molar-refractivity contribution in [3.63, 3.8) is 0 Å². The molecular weight excluding hydrogens is 363 g/mol. The zero-order valence-corrected chi connectivity index (χ0v) is 14.1. The van der Waals surface area contributed by atoms with E-state index in [1.165, 1.54) is 11.8 Å². The maximum atomic E-state index is 13.2. The molecule has 0 radical (unpaired) electrons. The molecular formula is C14H13ClF3N5O2. The largest absolute Gasteiger partial charge is 0.418 e. The van der Waals surface area contributed by atoms with Crippen LogP contribution >= 0.6 is 11.6 Å². The number of anilines is 1. The molecule has 25 heavy (non-hydrogen) atoms. The molecule has 0 fully saturated rings. The fourth-order valence-corrected chi connectivity index (χ4v) is 2.08. The maximum Gasteiger partial charge on any atom is 0.418 e. The summed E-state index contributed by atoms with van der Waals surface area (Å²) in [6.45, 7) is 1.52. The van der Waals surface area contributed by atoms with Gasteiger partial charge in [0.2, 0.25) is 5.89 Å². The van der Waals surface area contributed by atoms with Gasteiger partial charge < -0.3 is 9.32 Å². The predicted octanol–water partition coefficient (Wildman–Crippen LogP) is 3.52. The normalized spacial score (nSPS) is 11.8. The van der Waals surface area contributed by atoms with E-state index in [0.717, 1.165) is 18.5 Å². The standard InChI is InChI=1S/C14H13ClF3N5O2/c1-7-21-22-13(25-7)20-12(24)8-4-5-9(14(16,17)18)11(10(8)15)19-6-23(2)3/h4-6H,1-3H3,(H,20,22,24)/b19-6+. The number of carbonyl (C=O) groups excluding carboxylic acids is 1. The van der Waals surface area contributed by atoms with Crippen LogP contribution in [0.5, 0.6) is 0 Å². The number of hydrogen-bond acceptors (Lipinski definition) is 5. The Morgan fingerprint density at radius 1 is 1.36 bits per heavy atom. The Hall–Kier alpha value is -2.62. The van der Waals surface area contributed by atoms with Gasteiger partial charge in [-0.1, -0.05) is 16.7 Å². The van der Waals surface area contributed by atoms with Gasteiger partial charge in [0, 0.05) is 21.0 Å². The van der Waals surface area contributed by atoms with Gasteiger partial charge in [-0.15, -0.1) is 5.10 Å². The summed E-state index contributed by atoms with van der Waals surface area (Å²) in [7, 11) is 3.16. The van der Waals surface area contributed by atoms with Gasteiger partial charge in [0.05, 0.1) is 28.2 Å². The molecule has 134 valence electrons. The van der Waals surface area contributed by atoms with Crippen LogP contribution in [0.15, 0.2) is 21.5 Å². The third kappa shape index (κ3) is 4.47. The predicted molar refractivity (Wildman–Crippen MR) is 85.3 cm³/mol. The van der Waals surface area contributed by atoms with Gasteiger partial charge >= 0.3 is 12.2 Å². The van der Waals surface area contributed by atoms with Crippen LogP contribution in [0.25, 0.3) is 0 Å². The fourth-order valence-electron chi connectivity index (χ4n) is 1.78. The van der Waals surface area contributed by atoms with E-state index >= 15 is 0 Å². The number of aliphatic imine (C=N–C) groups is 1. The van der Waals surface area contributed by atoms with Crippen molar-refractivity contribution in [2.24, 2.45) is 4.99 Å². The minimum absolute atomic E-state index is 0.197. The van der Waals surface area contributed by atoms with Gasteiger partial charge in [0.25, 0.3) is 5.91 Å². The second-order valence-electron chi connectivity index (χ2n) is 5.11. The van der Waals surface area contributed by atoms with E-state index < -0.39 is 28.4 Å². The lowest BCUT2D eigenvalue weighted by Crippen LogP contribution is -2.15. The van der Waals surface area contributed by atoms with Crippen LogP contribution in [0, 0.1) is 6.92 Å². The summed E-state index contributed by atoms with van der Waals surface area (Å²) in [5, 5.41) is 8.92. The second kappa shape index (κ2) is 7.09. The van der Waals surface area contributed by atoms with Crippen LogP contribution in [0.1, 0.15) is 21.8 Å². The van der Waals surface area contributed by atoms with Crippen molar-refractivity contribution < 1.29 is 22.4 Å². The van der Waals surface area contributed by atoms with Crippen molar-refractivity contribution in [3.8, 4) is 0 Å². The number of aryl methyl sites for hydroxylation is 1. The van der Waals surface area contributed by atoms with Crippen LogP contribution < -0.4 is 5.32 Å². The van der Waals surface area contributed by atoms with E-state index in [1.54, 1.807) is 14.1 Å². The lowest BCUT2D eigenvalue weighted by atomic mass is 10.1. The molecule has 0 saturated carbocycles. The van der Waals surface area contributed by atoms with E-state index in [0.29, 0.717) is 0 Å². The molecule has 0 unspecified atom stereocenters. The van der Waals surface area contributed by atoms with Gasteiger partial charge in [0.15, 0.2) is 0 Å². The Morgan fingerprint density at radius 3 is 2.56 bits per heavy atom. The molecule has 1 aromatic heterocycles. The number of rotatable bonds is 4. The van der Waals surface area contributed by atoms with Crippen molar-refractivity contribution in [2.45, 2.75) is 13.1 Å². The minimum atomic E-state index is -4.68. The number of alkyl halides is 3. The Balaban J connectivity index is 2.45. The molecule has 0 atom stereocenters. The Morgan fingerprint density at radius 2 is 2.04 bits per heavy atom. The summed E-state index contributed by atoms with van der Waals surface area (Å²) in [4.78, 5) is 17.4. The van der Waals surface area contributed by atoms with Crippen molar-refractivity contribution in [1.82, 2.24) is 15.1 Å². The van der Waals surface area contributed by atoms with Crippen molar-refractivity contribution in [2.75, 3.05) is 19.4 Å². The summed E-state index contributed by atoms with van der Waals surface area (Å²) in [6.07, 6.45) is -3.53. The first-order valence-electron chi connectivity index (χ1n) is 6.81. The van der Waals surface area contributed by atoms with Gasteiger partial charge in [-0.2, -0.15) is 13.2 Å². The molecule has 11 heteroatoms. The van der Waals surface area contributed by atoms with Gasteiger partial charge in [-0.25, -0.2) is 4.99 Å². The molecule has 0 saturated heterocycles. The highest BCUT2D eigenvalue weighted by atomic mass is 35.5.